The zero-order valence-corrected chi connectivity index (χ0v) is 19.3. The van der Waals surface area contributed by atoms with E-state index in [9.17, 15) is 29.1 Å². The molecule has 3 aliphatic carbocycles. The number of carbonyl (C=O) groups is 5. The molecule has 3 aliphatic rings. The Bertz CT molecular complexity index is 968. The molecule has 0 spiro atoms. The Morgan fingerprint density at radius 1 is 1.06 bits per heavy atom. The van der Waals surface area contributed by atoms with Crippen LogP contribution in [0.4, 0.5) is 0 Å². The molecule has 0 amide bonds. The van der Waals surface area contributed by atoms with Crippen LogP contribution in [0.3, 0.4) is 0 Å². The van der Waals surface area contributed by atoms with Gasteiger partial charge in [-0.05, 0) is 43.9 Å². The van der Waals surface area contributed by atoms with Crippen molar-refractivity contribution in [2.24, 2.45) is 16.7 Å². The zero-order valence-electron chi connectivity index (χ0n) is 19.3. The Morgan fingerprint density at radius 3 is 2.22 bits per heavy atom. The fourth-order valence-corrected chi connectivity index (χ4v) is 5.43. The lowest BCUT2D eigenvalue weighted by Crippen LogP contribution is -2.53. The Balaban J connectivity index is 2.32. The van der Waals surface area contributed by atoms with E-state index >= 15 is 0 Å². The Kier molecular flexibility index (Phi) is 6.06. The fourth-order valence-electron chi connectivity index (χ4n) is 5.43. The first-order valence-electron chi connectivity index (χ1n) is 10.8. The highest BCUT2D eigenvalue weighted by Crippen LogP contribution is 2.51. The van der Waals surface area contributed by atoms with Crippen molar-refractivity contribution in [1.82, 2.24) is 0 Å². The first kappa shape index (κ1) is 24.0. The minimum absolute atomic E-state index is 0.123. The van der Waals surface area contributed by atoms with Gasteiger partial charge in [0.1, 0.15) is 12.2 Å². The molecule has 32 heavy (non-hydrogen) atoms. The molecule has 8 nitrogen and oxygen atoms in total. The van der Waals surface area contributed by atoms with Crippen molar-refractivity contribution in [3.8, 4) is 0 Å². The molecule has 1 N–H and O–H groups in total. The average Bonchev–Trinajstić information content (AvgIpc) is 2.65. The first-order valence-corrected chi connectivity index (χ1v) is 10.8. The Labute approximate surface area is 187 Å². The Hall–Kier alpha value is -2.61. The van der Waals surface area contributed by atoms with Crippen LogP contribution in [0.25, 0.3) is 0 Å². The second-order valence-corrected chi connectivity index (χ2v) is 9.88. The topological polar surface area (TPSA) is 124 Å². The van der Waals surface area contributed by atoms with Gasteiger partial charge in [-0.1, -0.05) is 13.8 Å². The van der Waals surface area contributed by atoms with Gasteiger partial charge in [0.25, 0.3) is 0 Å². The number of hydrogen-bond acceptors (Lipinski definition) is 8. The van der Waals surface area contributed by atoms with Crippen LogP contribution in [0.15, 0.2) is 22.8 Å². The summed E-state index contributed by atoms with van der Waals surface area (Å²) in [4.78, 5) is 63.5. The average molecular weight is 446 g/mol. The lowest BCUT2D eigenvalue weighted by atomic mass is 9.57. The molecular formula is C24H30O8. The first-order chi connectivity index (χ1) is 14.7. The van der Waals surface area contributed by atoms with Crippen LogP contribution in [0.5, 0.6) is 0 Å². The van der Waals surface area contributed by atoms with Crippen LogP contribution in [-0.4, -0.2) is 52.7 Å². The number of aliphatic hydroxyl groups is 1. The molecule has 0 aromatic heterocycles. The van der Waals surface area contributed by atoms with E-state index in [1.165, 1.54) is 20.8 Å². The molecule has 0 heterocycles. The number of Topliss-reactive ketones (excluding diaryl/α,β-unsaturated/α-hetero) is 3. The van der Waals surface area contributed by atoms with Gasteiger partial charge in [-0.25, -0.2) is 0 Å². The Morgan fingerprint density at radius 2 is 1.66 bits per heavy atom. The number of esters is 2. The number of rotatable bonds is 2. The summed E-state index contributed by atoms with van der Waals surface area (Å²) in [5, 5.41) is 10.6. The smallest absolute Gasteiger partial charge is 0.303 e. The van der Waals surface area contributed by atoms with Crippen LogP contribution >= 0.6 is 0 Å². The predicted molar refractivity (Wildman–Crippen MR) is 112 cm³/mol. The largest absolute Gasteiger partial charge is 0.458 e. The minimum atomic E-state index is -1.50. The van der Waals surface area contributed by atoms with E-state index in [1.54, 1.807) is 26.8 Å². The third-order valence-corrected chi connectivity index (χ3v) is 7.27. The van der Waals surface area contributed by atoms with E-state index in [-0.39, 0.29) is 36.2 Å². The van der Waals surface area contributed by atoms with Gasteiger partial charge in [-0.15, -0.1) is 0 Å². The van der Waals surface area contributed by atoms with Gasteiger partial charge in [-0.2, -0.15) is 0 Å². The van der Waals surface area contributed by atoms with Crippen LogP contribution in [-0.2, 0) is 33.4 Å². The minimum Gasteiger partial charge on any atom is -0.458 e. The number of aliphatic hydroxyl groups excluding tert-OH is 1. The van der Waals surface area contributed by atoms with E-state index in [0.29, 0.717) is 5.57 Å². The molecular weight excluding hydrogens is 416 g/mol. The molecule has 5 atom stereocenters. The standard InChI is InChI=1S/C24H30O8/c1-11-17(31-12(2)25)8-15-18(32-13(3)26)7-14-10-24(6,19(28)9-16(14)27)22(30)21(29)20(11)23(15,4)5/h7,15,17-19,28H,8-10H2,1-6H3/b14-7+/t15-,17-,18-,19-,24-/m0/s1. The number of allylic oxidation sites excluding steroid dienone is 2. The van der Waals surface area contributed by atoms with E-state index < -0.39 is 58.6 Å². The van der Waals surface area contributed by atoms with Crippen LogP contribution in [0.1, 0.15) is 60.8 Å². The SMILES string of the molecule is CC(=O)O[C@H]1C[C@H]2[C@@H](OC(C)=O)/C=C3\C[C@](C)(C(=O)C(=O)C(=C1C)C2(C)C)[C@@H](O)CC3=O. The number of carbonyl (C=O) groups excluding carboxylic acids is 5. The van der Waals surface area contributed by atoms with Crippen molar-refractivity contribution in [3.63, 3.8) is 0 Å². The summed E-state index contributed by atoms with van der Waals surface area (Å²) in [6, 6.07) is 0. The maximum absolute atomic E-state index is 13.6. The zero-order chi connectivity index (χ0) is 24.2. The maximum atomic E-state index is 13.6. The van der Waals surface area contributed by atoms with Crippen molar-refractivity contribution in [2.45, 2.75) is 79.1 Å². The fraction of sp³-hybridized carbons (Fsp3) is 0.625. The molecule has 174 valence electrons. The lowest BCUT2D eigenvalue weighted by molar-refractivity contribution is -0.155. The van der Waals surface area contributed by atoms with Crippen molar-refractivity contribution in [2.75, 3.05) is 0 Å². The van der Waals surface area contributed by atoms with Gasteiger partial charge in [0.15, 0.2) is 5.78 Å². The number of hydrogen-bond donors (Lipinski definition) is 1. The van der Waals surface area contributed by atoms with Crippen molar-refractivity contribution >= 4 is 29.3 Å². The van der Waals surface area contributed by atoms with Gasteiger partial charge in [0, 0.05) is 37.2 Å². The highest BCUT2D eigenvalue weighted by molar-refractivity contribution is 6.46. The number of ether oxygens (including phenoxy) is 2. The summed E-state index contributed by atoms with van der Waals surface area (Å²) >= 11 is 0. The van der Waals surface area contributed by atoms with E-state index in [0.717, 1.165) is 0 Å². The predicted octanol–water partition coefficient (Wildman–Crippen LogP) is 2.02. The van der Waals surface area contributed by atoms with Gasteiger partial charge < -0.3 is 14.6 Å². The van der Waals surface area contributed by atoms with Gasteiger partial charge >= 0.3 is 11.9 Å². The summed E-state index contributed by atoms with van der Waals surface area (Å²) < 4.78 is 11.1. The van der Waals surface area contributed by atoms with Crippen LogP contribution < -0.4 is 0 Å². The van der Waals surface area contributed by atoms with Gasteiger partial charge in [0.2, 0.25) is 11.6 Å². The van der Waals surface area contributed by atoms with Crippen LogP contribution in [0, 0.1) is 16.7 Å². The quantitative estimate of drug-likeness (QED) is 0.505. The van der Waals surface area contributed by atoms with Crippen LogP contribution in [0.2, 0.25) is 0 Å². The van der Waals surface area contributed by atoms with Crippen molar-refractivity contribution in [3.05, 3.63) is 22.8 Å². The van der Waals surface area contributed by atoms with Gasteiger partial charge in [0.05, 0.1) is 11.5 Å². The molecule has 1 saturated carbocycles. The van der Waals surface area contributed by atoms with E-state index in [4.69, 9.17) is 9.47 Å². The monoisotopic (exact) mass is 446 g/mol. The summed E-state index contributed by atoms with van der Waals surface area (Å²) in [5.41, 5.74) is -1.52. The van der Waals surface area contributed by atoms with Crippen molar-refractivity contribution < 1.29 is 38.6 Å². The van der Waals surface area contributed by atoms with E-state index in [1.807, 2.05) is 0 Å². The lowest BCUT2D eigenvalue weighted by Gasteiger charge is -2.48. The molecule has 0 unspecified atom stereocenters. The maximum Gasteiger partial charge on any atom is 0.303 e. The third kappa shape index (κ3) is 3.85. The summed E-state index contributed by atoms with van der Waals surface area (Å²) in [7, 11) is 0. The molecule has 4 bridgehead atoms. The molecule has 0 aromatic rings. The molecule has 3 rings (SSSR count). The molecule has 0 aliphatic heterocycles. The van der Waals surface area contributed by atoms with E-state index in [2.05, 4.69) is 0 Å². The molecule has 0 saturated heterocycles. The summed E-state index contributed by atoms with van der Waals surface area (Å²) in [6.45, 7) is 9.20. The number of ketones is 3. The second kappa shape index (κ2) is 8.06. The van der Waals surface area contributed by atoms with Gasteiger partial charge in [-0.3, -0.25) is 24.0 Å². The molecule has 1 fully saturated rings. The second-order valence-electron chi connectivity index (χ2n) is 9.88. The third-order valence-electron chi connectivity index (χ3n) is 7.27. The molecule has 0 aromatic carbocycles. The summed E-state index contributed by atoms with van der Waals surface area (Å²) in [6.07, 6.45) is -1.61. The molecule has 8 heteroatoms. The summed E-state index contributed by atoms with van der Waals surface area (Å²) in [5.74, 6) is -3.56. The number of fused-ring (bicyclic) bond motifs is 4. The highest BCUT2D eigenvalue weighted by atomic mass is 16.5. The van der Waals surface area contributed by atoms with Crippen molar-refractivity contribution in [1.29, 1.82) is 0 Å². The normalized spacial score (nSPS) is 36.2. The highest BCUT2D eigenvalue weighted by Gasteiger charge is 2.55. The molecule has 0 radical (unpaired) electrons.